The molecule has 1 rings (SSSR count). The molecule has 0 radical (unpaired) electrons. The maximum Gasteiger partial charge on any atom is 0.251 e. The molecule has 4 heteroatoms. The van der Waals surface area contributed by atoms with Crippen molar-refractivity contribution in [2.24, 2.45) is 5.73 Å². The highest BCUT2D eigenvalue weighted by atomic mass is 16.5. The van der Waals surface area contributed by atoms with Crippen LogP contribution < -0.4 is 15.8 Å². The number of methoxy groups -OCH3 is 1. The highest BCUT2D eigenvalue weighted by Crippen LogP contribution is 2.34. The van der Waals surface area contributed by atoms with Crippen LogP contribution in [0.3, 0.4) is 0 Å². The van der Waals surface area contributed by atoms with Crippen molar-refractivity contribution in [2.75, 3.05) is 13.7 Å². The molecule has 1 amide bonds. The number of amides is 1. The van der Waals surface area contributed by atoms with Crippen LogP contribution in [0.1, 0.15) is 49.2 Å². The summed E-state index contributed by atoms with van der Waals surface area (Å²) in [6.07, 6.45) is 0. The first-order chi connectivity index (χ1) is 9.20. The monoisotopic (exact) mass is 278 g/mol. The van der Waals surface area contributed by atoms with E-state index in [9.17, 15) is 4.79 Å². The van der Waals surface area contributed by atoms with Crippen LogP contribution in [0.15, 0.2) is 12.1 Å². The largest absolute Gasteiger partial charge is 0.496 e. The summed E-state index contributed by atoms with van der Waals surface area (Å²) in [5.74, 6) is 0.750. The molecule has 20 heavy (non-hydrogen) atoms. The van der Waals surface area contributed by atoms with Gasteiger partial charge in [-0.05, 0) is 37.0 Å². The van der Waals surface area contributed by atoms with Gasteiger partial charge in [-0.3, -0.25) is 4.79 Å². The number of aryl methyl sites for hydroxylation is 1. The molecule has 0 aliphatic heterocycles. The molecular formula is C16H26N2O2. The van der Waals surface area contributed by atoms with Gasteiger partial charge < -0.3 is 15.8 Å². The quantitative estimate of drug-likeness (QED) is 0.888. The van der Waals surface area contributed by atoms with E-state index in [2.05, 4.69) is 26.1 Å². The second-order valence-electron chi connectivity index (χ2n) is 6.23. The maximum absolute atomic E-state index is 12.2. The minimum Gasteiger partial charge on any atom is -0.496 e. The number of ether oxygens (including phenoxy) is 1. The summed E-state index contributed by atoms with van der Waals surface area (Å²) < 4.78 is 5.49. The average molecular weight is 278 g/mol. The lowest BCUT2D eigenvalue weighted by molar-refractivity contribution is 0.0941. The minimum atomic E-state index is -0.0980. The van der Waals surface area contributed by atoms with Crippen molar-refractivity contribution in [3.8, 4) is 5.75 Å². The lowest BCUT2D eigenvalue weighted by atomic mass is 9.84. The minimum absolute atomic E-state index is 0.0389. The van der Waals surface area contributed by atoms with Crippen molar-refractivity contribution in [1.82, 2.24) is 5.32 Å². The fraction of sp³-hybridized carbons (Fsp3) is 0.562. The first-order valence-electron chi connectivity index (χ1n) is 6.90. The molecular weight excluding hydrogens is 252 g/mol. The molecule has 0 heterocycles. The number of carbonyl (C=O) groups is 1. The molecule has 0 fully saturated rings. The predicted molar refractivity (Wildman–Crippen MR) is 82.4 cm³/mol. The second kappa shape index (κ2) is 6.27. The summed E-state index contributed by atoms with van der Waals surface area (Å²) in [6.45, 7) is 10.6. The molecule has 0 aliphatic rings. The number of hydrogen-bond donors (Lipinski definition) is 2. The Morgan fingerprint density at radius 3 is 2.45 bits per heavy atom. The number of nitrogens with one attached hydrogen (secondary N) is 1. The van der Waals surface area contributed by atoms with E-state index in [0.29, 0.717) is 12.1 Å². The van der Waals surface area contributed by atoms with Crippen molar-refractivity contribution >= 4 is 5.91 Å². The Hall–Kier alpha value is -1.55. The third-order valence-corrected chi connectivity index (χ3v) is 3.28. The third-order valence-electron chi connectivity index (χ3n) is 3.28. The second-order valence-corrected chi connectivity index (χ2v) is 6.23. The molecule has 3 N–H and O–H groups in total. The first kappa shape index (κ1) is 16.5. The van der Waals surface area contributed by atoms with Crippen LogP contribution in [0.2, 0.25) is 0 Å². The van der Waals surface area contributed by atoms with Crippen molar-refractivity contribution in [2.45, 2.75) is 46.1 Å². The van der Waals surface area contributed by atoms with Crippen LogP contribution >= 0.6 is 0 Å². The van der Waals surface area contributed by atoms with Gasteiger partial charge in [0.1, 0.15) is 5.75 Å². The number of hydrogen-bond acceptors (Lipinski definition) is 3. The Labute approximate surface area is 121 Å². The van der Waals surface area contributed by atoms with Crippen LogP contribution in [0.25, 0.3) is 0 Å². The van der Waals surface area contributed by atoms with Crippen molar-refractivity contribution < 1.29 is 9.53 Å². The first-order valence-corrected chi connectivity index (χ1v) is 6.90. The Kier molecular flexibility index (Phi) is 5.17. The van der Waals surface area contributed by atoms with E-state index in [1.54, 1.807) is 7.11 Å². The summed E-state index contributed by atoms with van der Waals surface area (Å²) in [5.41, 5.74) is 8.09. The summed E-state index contributed by atoms with van der Waals surface area (Å²) in [4.78, 5) is 12.2. The standard InChI is InChI=1S/C16H26N2O2/c1-10-7-12(15(19)18-11(2)9-17)8-13(14(10)20-6)16(3,4)5/h7-8,11H,9,17H2,1-6H3,(H,18,19). The molecule has 0 spiro atoms. The molecule has 0 aliphatic carbocycles. The Morgan fingerprint density at radius 1 is 1.40 bits per heavy atom. The van der Waals surface area contributed by atoms with Gasteiger partial charge in [-0.25, -0.2) is 0 Å². The molecule has 0 aromatic heterocycles. The number of benzene rings is 1. The highest BCUT2D eigenvalue weighted by Gasteiger charge is 2.23. The number of rotatable bonds is 4. The van der Waals surface area contributed by atoms with Gasteiger partial charge in [0.05, 0.1) is 7.11 Å². The van der Waals surface area contributed by atoms with Crippen LogP contribution in [-0.4, -0.2) is 25.6 Å². The van der Waals surface area contributed by atoms with Gasteiger partial charge in [0, 0.05) is 23.7 Å². The topological polar surface area (TPSA) is 64.3 Å². The average Bonchev–Trinajstić information content (AvgIpc) is 2.36. The van der Waals surface area contributed by atoms with E-state index in [1.807, 2.05) is 26.0 Å². The zero-order valence-electron chi connectivity index (χ0n) is 13.3. The van der Waals surface area contributed by atoms with Gasteiger partial charge in [0.2, 0.25) is 0 Å². The van der Waals surface area contributed by atoms with Gasteiger partial charge >= 0.3 is 0 Å². The SMILES string of the molecule is COc1c(C)cc(C(=O)NC(C)CN)cc1C(C)(C)C. The molecule has 4 nitrogen and oxygen atoms in total. The normalized spacial score (nSPS) is 12.9. The number of carbonyl (C=O) groups excluding carboxylic acids is 1. The van der Waals surface area contributed by atoms with Crippen molar-refractivity contribution in [1.29, 1.82) is 0 Å². The lowest BCUT2D eigenvalue weighted by Crippen LogP contribution is -2.38. The molecule has 1 unspecified atom stereocenters. The van der Waals surface area contributed by atoms with E-state index in [1.165, 1.54) is 0 Å². The molecule has 0 bridgehead atoms. The van der Waals surface area contributed by atoms with Crippen molar-refractivity contribution in [3.63, 3.8) is 0 Å². The van der Waals surface area contributed by atoms with Crippen LogP contribution in [-0.2, 0) is 5.41 Å². The fourth-order valence-corrected chi connectivity index (χ4v) is 2.10. The van der Waals surface area contributed by atoms with Crippen LogP contribution in [0.4, 0.5) is 0 Å². The van der Waals surface area contributed by atoms with Crippen LogP contribution in [0.5, 0.6) is 5.75 Å². The zero-order chi connectivity index (χ0) is 15.5. The summed E-state index contributed by atoms with van der Waals surface area (Å²) in [5, 5.41) is 2.88. The van der Waals surface area contributed by atoms with E-state index in [4.69, 9.17) is 10.5 Å². The van der Waals surface area contributed by atoms with Gasteiger partial charge in [0.15, 0.2) is 0 Å². The van der Waals surface area contributed by atoms with Gasteiger partial charge in [-0.1, -0.05) is 20.8 Å². The summed E-state index contributed by atoms with van der Waals surface area (Å²) in [7, 11) is 1.66. The molecule has 1 atom stereocenters. The third kappa shape index (κ3) is 3.73. The smallest absolute Gasteiger partial charge is 0.251 e. The van der Waals surface area contributed by atoms with E-state index < -0.39 is 0 Å². The molecule has 1 aromatic carbocycles. The molecule has 0 saturated heterocycles. The van der Waals surface area contributed by atoms with E-state index in [0.717, 1.165) is 16.9 Å². The van der Waals surface area contributed by atoms with Gasteiger partial charge in [-0.2, -0.15) is 0 Å². The van der Waals surface area contributed by atoms with Gasteiger partial charge in [0.25, 0.3) is 5.91 Å². The number of nitrogens with two attached hydrogens (primary N) is 1. The van der Waals surface area contributed by atoms with E-state index >= 15 is 0 Å². The van der Waals surface area contributed by atoms with Crippen molar-refractivity contribution in [3.05, 3.63) is 28.8 Å². The van der Waals surface area contributed by atoms with E-state index in [-0.39, 0.29) is 17.4 Å². The summed E-state index contributed by atoms with van der Waals surface area (Å²) in [6, 6.07) is 3.72. The van der Waals surface area contributed by atoms with Crippen LogP contribution in [0, 0.1) is 6.92 Å². The van der Waals surface area contributed by atoms with Gasteiger partial charge in [-0.15, -0.1) is 0 Å². The predicted octanol–water partition coefficient (Wildman–Crippen LogP) is 2.38. The maximum atomic E-state index is 12.2. The molecule has 0 saturated carbocycles. The molecule has 1 aromatic rings. The lowest BCUT2D eigenvalue weighted by Gasteiger charge is -2.24. The Morgan fingerprint density at radius 2 is 2.00 bits per heavy atom. The summed E-state index contributed by atoms with van der Waals surface area (Å²) >= 11 is 0. The highest BCUT2D eigenvalue weighted by molar-refractivity contribution is 5.95. The Balaban J connectivity index is 3.24. The fourth-order valence-electron chi connectivity index (χ4n) is 2.10. The molecule has 112 valence electrons. The Bertz CT molecular complexity index is 490. The zero-order valence-corrected chi connectivity index (χ0v) is 13.3.